The van der Waals surface area contributed by atoms with Crippen molar-refractivity contribution in [2.45, 2.75) is 6.82 Å². The SMILES string of the molecule is CBc1cnc(N)c(C(=O)O)n1. The highest BCUT2D eigenvalue weighted by molar-refractivity contribution is 6.50. The Hall–Kier alpha value is -1.59. The molecule has 62 valence electrons. The minimum Gasteiger partial charge on any atom is -0.476 e. The van der Waals surface area contributed by atoms with Gasteiger partial charge in [-0.15, -0.1) is 0 Å². The zero-order chi connectivity index (χ0) is 9.14. The maximum Gasteiger partial charge on any atom is 0.358 e. The predicted molar refractivity (Wildman–Crippen MR) is 46.1 cm³/mol. The van der Waals surface area contributed by atoms with Crippen LogP contribution >= 0.6 is 0 Å². The summed E-state index contributed by atoms with van der Waals surface area (Å²) in [6, 6.07) is 0. The van der Waals surface area contributed by atoms with Gasteiger partial charge in [0.2, 0.25) is 0 Å². The molecule has 0 aliphatic heterocycles. The van der Waals surface area contributed by atoms with Crippen LogP contribution in [0.5, 0.6) is 0 Å². The maximum absolute atomic E-state index is 10.5. The Kier molecular flexibility index (Phi) is 2.28. The molecule has 6 heteroatoms. The number of nitrogens with zero attached hydrogens (tertiary/aromatic N) is 2. The molecule has 5 nitrogen and oxygen atoms in total. The molecule has 0 saturated carbocycles. The van der Waals surface area contributed by atoms with Gasteiger partial charge in [-0.25, -0.2) is 9.78 Å². The van der Waals surface area contributed by atoms with Crippen molar-refractivity contribution in [3.63, 3.8) is 0 Å². The lowest BCUT2D eigenvalue weighted by Crippen LogP contribution is -2.21. The van der Waals surface area contributed by atoms with Gasteiger partial charge in [-0.1, -0.05) is 6.82 Å². The minimum absolute atomic E-state index is 0.0419. The van der Waals surface area contributed by atoms with Crippen LogP contribution in [0.2, 0.25) is 6.82 Å². The highest BCUT2D eigenvalue weighted by atomic mass is 16.4. The first-order valence-corrected chi connectivity index (χ1v) is 3.49. The van der Waals surface area contributed by atoms with Crippen LogP contribution in [0, 0.1) is 0 Å². The molecule has 1 rings (SSSR count). The summed E-state index contributed by atoms with van der Waals surface area (Å²) in [7, 11) is 0.646. The third-order valence-electron chi connectivity index (χ3n) is 1.42. The van der Waals surface area contributed by atoms with Crippen molar-refractivity contribution in [3.05, 3.63) is 11.9 Å². The molecule has 0 atom stereocenters. The number of rotatable bonds is 2. The molecule has 0 aromatic carbocycles. The van der Waals surface area contributed by atoms with Crippen LogP contribution in [0.25, 0.3) is 0 Å². The molecular weight excluding hydrogens is 157 g/mol. The molecular formula is C6H8BN3O2. The zero-order valence-electron chi connectivity index (χ0n) is 6.61. The van der Waals surface area contributed by atoms with Crippen molar-refractivity contribution in [2.24, 2.45) is 0 Å². The lowest BCUT2D eigenvalue weighted by molar-refractivity contribution is 0.0691. The normalized spacial score (nSPS) is 9.42. The molecule has 12 heavy (non-hydrogen) atoms. The van der Waals surface area contributed by atoms with E-state index in [1.165, 1.54) is 6.20 Å². The summed E-state index contributed by atoms with van der Waals surface area (Å²) < 4.78 is 0. The van der Waals surface area contributed by atoms with Crippen LogP contribution in [0.1, 0.15) is 10.5 Å². The van der Waals surface area contributed by atoms with Gasteiger partial charge in [0.25, 0.3) is 0 Å². The third-order valence-corrected chi connectivity index (χ3v) is 1.42. The van der Waals surface area contributed by atoms with Gasteiger partial charge in [0.1, 0.15) is 0 Å². The quantitative estimate of drug-likeness (QED) is 0.541. The summed E-state index contributed by atoms with van der Waals surface area (Å²) >= 11 is 0. The van der Waals surface area contributed by atoms with Crippen molar-refractivity contribution in [1.82, 2.24) is 9.97 Å². The Morgan fingerprint density at radius 3 is 2.92 bits per heavy atom. The number of carboxylic acids is 1. The van der Waals surface area contributed by atoms with E-state index in [-0.39, 0.29) is 11.5 Å². The van der Waals surface area contributed by atoms with Gasteiger partial charge in [-0.05, 0) is 0 Å². The van der Waals surface area contributed by atoms with Gasteiger partial charge in [0.15, 0.2) is 18.8 Å². The van der Waals surface area contributed by atoms with Crippen LogP contribution < -0.4 is 11.3 Å². The lowest BCUT2D eigenvalue weighted by Gasteiger charge is -1.99. The van der Waals surface area contributed by atoms with Crippen LogP contribution in [0.3, 0.4) is 0 Å². The molecule has 0 aliphatic carbocycles. The molecule has 1 aromatic heterocycles. The van der Waals surface area contributed by atoms with E-state index in [0.717, 1.165) is 0 Å². The summed E-state index contributed by atoms with van der Waals surface area (Å²) in [5.41, 5.74) is 5.75. The molecule has 0 unspecified atom stereocenters. The topological polar surface area (TPSA) is 89.1 Å². The number of nitrogen functional groups attached to an aromatic ring is 1. The molecule has 0 bridgehead atoms. The maximum atomic E-state index is 10.5. The summed E-state index contributed by atoms with van der Waals surface area (Å²) in [4.78, 5) is 18.0. The molecule has 0 radical (unpaired) electrons. The smallest absolute Gasteiger partial charge is 0.358 e. The van der Waals surface area contributed by atoms with Gasteiger partial charge in [0, 0.05) is 11.8 Å². The van der Waals surface area contributed by atoms with E-state index in [2.05, 4.69) is 9.97 Å². The molecule has 0 spiro atoms. The Morgan fingerprint density at radius 2 is 2.42 bits per heavy atom. The van der Waals surface area contributed by atoms with Gasteiger partial charge in [-0.2, -0.15) is 0 Å². The van der Waals surface area contributed by atoms with E-state index in [0.29, 0.717) is 12.9 Å². The molecule has 0 saturated heterocycles. The minimum atomic E-state index is -1.14. The fraction of sp³-hybridized carbons (Fsp3) is 0.167. The number of hydrogen-bond acceptors (Lipinski definition) is 4. The number of carbonyl (C=O) groups is 1. The van der Waals surface area contributed by atoms with Gasteiger partial charge in [0.05, 0.1) is 0 Å². The summed E-state index contributed by atoms with van der Waals surface area (Å²) in [5, 5.41) is 8.60. The van der Waals surface area contributed by atoms with Crippen LogP contribution in [0.15, 0.2) is 6.20 Å². The fourth-order valence-corrected chi connectivity index (χ4v) is 0.763. The number of hydrogen-bond donors (Lipinski definition) is 2. The van der Waals surface area contributed by atoms with Gasteiger partial charge in [-0.3, -0.25) is 4.98 Å². The van der Waals surface area contributed by atoms with Gasteiger partial charge >= 0.3 is 5.97 Å². The number of carboxylic acid groups (broad SMARTS) is 1. The van der Waals surface area contributed by atoms with Crippen LogP contribution in [-0.4, -0.2) is 28.3 Å². The van der Waals surface area contributed by atoms with E-state index in [4.69, 9.17) is 10.8 Å². The predicted octanol–water partition coefficient (Wildman–Crippen LogP) is -1.13. The van der Waals surface area contributed by atoms with Gasteiger partial charge < -0.3 is 10.8 Å². The van der Waals surface area contributed by atoms with E-state index in [1.54, 1.807) is 0 Å². The Bertz CT molecular complexity index is 316. The monoisotopic (exact) mass is 165 g/mol. The Morgan fingerprint density at radius 1 is 1.75 bits per heavy atom. The van der Waals surface area contributed by atoms with Crippen molar-refractivity contribution in [2.75, 3.05) is 5.73 Å². The van der Waals surface area contributed by atoms with E-state index < -0.39 is 5.97 Å². The molecule has 1 aromatic rings. The molecule has 0 aliphatic rings. The van der Waals surface area contributed by atoms with Crippen molar-refractivity contribution in [3.8, 4) is 0 Å². The van der Waals surface area contributed by atoms with Crippen LogP contribution in [0.4, 0.5) is 5.82 Å². The number of nitrogens with two attached hydrogens (primary N) is 1. The molecule has 3 N–H and O–H groups in total. The largest absolute Gasteiger partial charge is 0.476 e. The molecule has 1 heterocycles. The first-order chi connectivity index (χ1) is 5.65. The lowest BCUT2D eigenvalue weighted by atomic mass is 9.78. The van der Waals surface area contributed by atoms with E-state index >= 15 is 0 Å². The fourth-order valence-electron chi connectivity index (χ4n) is 0.763. The molecule has 0 fully saturated rings. The highest BCUT2D eigenvalue weighted by Crippen LogP contribution is 2.00. The number of anilines is 1. The van der Waals surface area contributed by atoms with E-state index in [9.17, 15) is 4.79 Å². The average molecular weight is 165 g/mol. The summed E-state index contributed by atoms with van der Waals surface area (Å²) in [5.74, 6) is -1.19. The summed E-state index contributed by atoms with van der Waals surface area (Å²) in [6.07, 6.45) is 1.47. The summed E-state index contributed by atoms with van der Waals surface area (Å²) in [6.45, 7) is 1.87. The van der Waals surface area contributed by atoms with Crippen molar-refractivity contribution >= 4 is 24.7 Å². The van der Waals surface area contributed by atoms with Crippen LogP contribution in [-0.2, 0) is 0 Å². The standard InChI is InChI=1S/C6H8BN3O2/c1-7-3-2-9-5(8)4(10-3)6(11)12/h2,7H,1H3,(H2,8,9)(H,11,12). The van der Waals surface area contributed by atoms with Crippen molar-refractivity contribution in [1.29, 1.82) is 0 Å². The highest BCUT2D eigenvalue weighted by Gasteiger charge is 2.10. The second-order valence-electron chi connectivity index (χ2n) is 2.25. The second kappa shape index (κ2) is 3.21. The number of aromatic nitrogens is 2. The Labute approximate surface area is 69.9 Å². The zero-order valence-corrected chi connectivity index (χ0v) is 6.61. The Balaban J connectivity index is 3.17. The van der Waals surface area contributed by atoms with Crippen molar-refractivity contribution < 1.29 is 9.90 Å². The number of aromatic carboxylic acids is 1. The van der Waals surface area contributed by atoms with E-state index in [1.807, 2.05) is 6.82 Å². The average Bonchev–Trinajstić information content (AvgIpc) is 2.05. The first kappa shape index (κ1) is 8.51. The second-order valence-corrected chi connectivity index (χ2v) is 2.25. The molecule has 0 amide bonds. The third kappa shape index (κ3) is 1.53. The first-order valence-electron chi connectivity index (χ1n) is 3.49.